The van der Waals surface area contributed by atoms with Crippen molar-refractivity contribution in [2.75, 3.05) is 6.61 Å². The van der Waals surface area contributed by atoms with Crippen molar-refractivity contribution in [2.24, 2.45) is 5.10 Å². The molecule has 0 aliphatic heterocycles. The molecule has 178 valence electrons. The number of carbonyl (C=O) groups excluding carboxylic acids is 1. The zero-order valence-electron chi connectivity index (χ0n) is 19.1. The Hall–Kier alpha value is -2.54. The summed E-state index contributed by atoms with van der Waals surface area (Å²) >= 11 is 15.8. The maximum Gasteiger partial charge on any atom is 0.244 e. The summed E-state index contributed by atoms with van der Waals surface area (Å²) in [5.41, 5.74) is 7.34. The molecule has 0 spiro atoms. The van der Waals surface area contributed by atoms with Gasteiger partial charge in [-0.1, -0.05) is 53.0 Å². The maximum absolute atomic E-state index is 12.3. The predicted octanol–water partition coefficient (Wildman–Crippen LogP) is 7.04. The molecule has 1 amide bonds. The molecule has 0 unspecified atom stereocenters. The lowest BCUT2D eigenvalue weighted by atomic mass is 10.0. The highest BCUT2D eigenvalue weighted by Crippen LogP contribution is 2.37. The van der Waals surface area contributed by atoms with Gasteiger partial charge in [0.1, 0.15) is 6.61 Å². The molecule has 0 saturated heterocycles. The summed E-state index contributed by atoms with van der Waals surface area (Å²) in [6.07, 6.45) is 1.82. The van der Waals surface area contributed by atoms with Crippen molar-refractivity contribution >= 4 is 51.3 Å². The highest BCUT2D eigenvalue weighted by molar-refractivity contribution is 9.10. The first-order chi connectivity index (χ1) is 16.3. The van der Waals surface area contributed by atoms with Crippen LogP contribution in [0.4, 0.5) is 0 Å². The molecule has 0 aromatic heterocycles. The Kier molecular flexibility index (Phi) is 9.39. The van der Waals surface area contributed by atoms with Crippen molar-refractivity contribution in [3.8, 4) is 11.5 Å². The lowest BCUT2D eigenvalue weighted by molar-refractivity contribution is -0.120. The number of hydrazone groups is 1. The topological polar surface area (TPSA) is 59.9 Å². The normalized spacial score (nSPS) is 11.0. The molecule has 0 radical (unpaired) electrons. The van der Waals surface area contributed by atoms with Crippen LogP contribution in [0.2, 0.25) is 10.0 Å². The molecular weight excluding hydrogens is 539 g/mol. The summed E-state index contributed by atoms with van der Waals surface area (Å²) in [7, 11) is 0. The average molecular weight is 564 g/mol. The molecule has 0 aliphatic carbocycles. The minimum absolute atomic E-state index is 0.188. The number of amides is 1. The van der Waals surface area contributed by atoms with E-state index >= 15 is 0 Å². The van der Waals surface area contributed by atoms with Crippen LogP contribution in [0.25, 0.3) is 0 Å². The van der Waals surface area contributed by atoms with E-state index in [-0.39, 0.29) is 18.9 Å². The molecule has 5 nitrogen and oxygen atoms in total. The molecule has 0 fully saturated rings. The number of hydrogen-bond donors (Lipinski definition) is 1. The van der Waals surface area contributed by atoms with E-state index in [1.54, 1.807) is 24.4 Å². The van der Waals surface area contributed by atoms with Gasteiger partial charge in [-0.2, -0.15) is 5.10 Å². The molecule has 3 rings (SSSR count). The Bertz CT molecular complexity index is 1210. The molecular formula is C26H25BrCl2N2O3. The molecule has 3 aromatic rings. The molecule has 0 aliphatic rings. The number of ether oxygens (including phenoxy) is 2. The van der Waals surface area contributed by atoms with Gasteiger partial charge in [0, 0.05) is 15.6 Å². The van der Waals surface area contributed by atoms with Crippen molar-refractivity contribution in [1.82, 2.24) is 5.43 Å². The average Bonchev–Trinajstić information content (AvgIpc) is 2.76. The minimum Gasteiger partial charge on any atom is -0.490 e. The van der Waals surface area contributed by atoms with Gasteiger partial charge in [0.15, 0.2) is 11.5 Å². The van der Waals surface area contributed by atoms with E-state index in [9.17, 15) is 4.79 Å². The van der Waals surface area contributed by atoms with Gasteiger partial charge in [0.25, 0.3) is 0 Å². The fraction of sp³-hybridized carbons (Fsp3) is 0.231. The first-order valence-electron chi connectivity index (χ1n) is 10.7. The van der Waals surface area contributed by atoms with Crippen molar-refractivity contribution in [2.45, 2.75) is 33.8 Å². The van der Waals surface area contributed by atoms with E-state index in [4.69, 9.17) is 32.7 Å². The monoisotopic (exact) mass is 562 g/mol. The minimum atomic E-state index is -0.188. The number of halogens is 3. The summed E-state index contributed by atoms with van der Waals surface area (Å²) in [4.78, 5) is 12.3. The van der Waals surface area contributed by atoms with Crippen LogP contribution < -0.4 is 14.9 Å². The number of nitrogens with one attached hydrogen (secondary N) is 1. The number of rotatable bonds is 9. The Morgan fingerprint density at radius 1 is 1.06 bits per heavy atom. The summed E-state index contributed by atoms with van der Waals surface area (Å²) in [6, 6.07) is 14.9. The Labute approximate surface area is 218 Å². The Balaban J connectivity index is 1.68. The summed E-state index contributed by atoms with van der Waals surface area (Å²) in [5, 5.41) is 5.19. The van der Waals surface area contributed by atoms with Gasteiger partial charge in [-0.3, -0.25) is 4.79 Å². The molecule has 8 heteroatoms. The second-order valence-electron chi connectivity index (χ2n) is 7.69. The third-order valence-corrected chi connectivity index (χ3v) is 6.15. The van der Waals surface area contributed by atoms with E-state index in [1.807, 2.05) is 45.0 Å². The zero-order chi connectivity index (χ0) is 24.7. The van der Waals surface area contributed by atoms with Crippen molar-refractivity contribution < 1.29 is 14.3 Å². The van der Waals surface area contributed by atoms with Crippen LogP contribution in [-0.4, -0.2) is 18.7 Å². The quantitative estimate of drug-likeness (QED) is 0.224. The summed E-state index contributed by atoms with van der Waals surface area (Å²) in [6.45, 7) is 6.62. The van der Waals surface area contributed by atoms with E-state index in [0.29, 0.717) is 32.6 Å². The van der Waals surface area contributed by atoms with Crippen LogP contribution >= 0.6 is 39.1 Å². The number of hydrogen-bond acceptors (Lipinski definition) is 4. The van der Waals surface area contributed by atoms with Crippen molar-refractivity contribution in [3.05, 3.63) is 90.9 Å². The second kappa shape index (κ2) is 12.2. The number of carbonyl (C=O) groups is 1. The van der Waals surface area contributed by atoms with Crippen molar-refractivity contribution in [1.29, 1.82) is 0 Å². The predicted molar refractivity (Wildman–Crippen MR) is 141 cm³/mol. The number of benzene rings is 3. The Morgan fingerprint density at radius 2 is 1.82 bits per heavy atom. The highest BCUT2D eigenvalue weighted by Gasteiger charge is 2.13. The molecule has 0 heterocycles. The van der Waals surface area contributed by atoms with Gasteiger partial charge >= 0.3 is 0 Å². The third-order valence-electron chi connectivity index (χ3n) is 4.97. The number of aryl methyl sites for hydroxylation is 2. The molecule has 0 bridgehead atoms. The van der Waals surface area contributed by atoms with E-state index in [0.717, 1.165) is 22.3 Å². The Morgan fingerprint density at radius 3 is 2.53 bits per heavy atom. The molecule has 1 N–H and O–H groups in total. The van der Waals surface area contributed by atoms with E-state index in [2.05, 4.69) is 32.5 Å². The standard InChI is InChI=1S/C26H25BrCl2N2O3/c1-4-33-24-11-18(14-30-31-25(32)12-19-6-5-16(2)9-17(19)3)10-22(27)26(24)34-15-20-7-8-21(28)13-23(20)29/h5-11,13-14H,4,12,15H2,1-3H3,(H,31,32)/b30-14+. The van der Waals surface area contributed by atoms with Crippen LogP contribution in [0.3, 0.4) is 0 Å². The lowest BCUT2D eigenvalue weighted by Crippen LogP contribution is -2.20. The first kappa shape index (κ1) is 26.1. The number of nitrogens with zero attached hydrogens (tertiary/aromatic N) is 1. The third kappa shape index (κ3) is 7.23. The fourth-order valence-corrected chi connectivity index (χ4v) is 4.33. The lowest BCUT2D eigenvalue weighted by Gasteiger charge is -2.15. The van der Waals surface area contributed by atoms with Gasteiger partial charge < -0.3 is 9.47 Å². The molecule has 0 atom stereocenters. The van der Waals surface area contributed by atoms with Gasteiger partial charge in [-0.25, -0.2) is 5.43 Å². The van der Waals surface area contributed by atoms with Crippen LogP contribution in [-0.2, 0) is 17.8 Å². The van der Waals surface area contributed by atoms with E-state index in [1.165, 1.54) is 5.56 Å². The second-order valence-corrected chi connectivity index (χ2v) is 9.39. The maximum atomic E-state index is 12.3. The molecule has 3 aromatic carbocycles. The van der Waals surface area contributed by atoms with Crippen LogP contribution in [0.15, 0.2) is 58.1 Å². The van der Waals surface area contributed by atoms with Crippen LogP contribution in [0.5, 0.6) is 11.5 Å². The smallest absolute Gasteiger partial charge is 0.244 e. The van der Waals surface area contributed by atoms with Gasteiger partial charge in [-0.15, -0.1) is 0 Å². The summed E-state index contributed by atoms with van der Waals surface area (Å²) in [5.74, 6) is 0.904. The molecule has 34 heavy (non-hydrogen) atoms. The fourth-order valence-electron chi connectivity index (χ4n) is 3.29. The van der Waals surface area contributed by atoms with Gasteiger partial charge in [0.2, 0.25) is 5.91 Å². The largest absolute Gasteiger partial charge is 0.490 e. The van der Waals surface area contributed by atoms with E-state index < -0.39 is 0 Å². The van der Waals surface area contributed by atoms with Gasteiger partial charge in [-0.05, 0) is 77.7 Å². The van der Waals surface area contributed by atoms with Gasteiger partial charge in [0.05, 0.1) is 23.7 Å². The molecule has 0 saturated carbocycles. The van der Waals surface area contributed by atoms with Crippen LogP contribution in [0.1, 0.15) is 34.7 Å². The first-order valence-corrected chi connectivity index (χ1v) is 12.2. The highest BCUT2D eigenvalue weighted by atomic mass is 79.9. The zero-order valence-corrected chi connectivity index (χ0v) is 22.2. The SMILES string of the molecule is CCOc1cc(/C=N/NC(=O)Cc2ccc(C)cc2C)cc(Br)c1OCc1ccc(Cl)cc1Cl. The summed E-state index contributed by atoms with van der Waals surface area (Å²) < 4.78 is 12.5. The van der Waals surface area contributed by atoms with Crippen LogP contribution in [0, 0.1) is 13.8 Å². The van der Waals surface area contributed by atoms with Crippen molar-refractivity contribution in [3.63, 3.8) is 0 Å².